The van der Waals surface area contributed by atoms with Crippen molar-refractivity contribution in [1.82, 2.24) is 4.57 Å². The third kappa shape index (κ3) is 2.14. The molecule has 19 heavy (non-hydrogen) atoms. The van der Waals surface area contributed by atoms with Crippen LogP contribution in [-0.2, 0) is 19.4 Å². The molecule has 1 aromatic heterocycles. The van der Waals surface area contributed by atoms with E-state index in [1.165, 1.54) is 54.3 Å². The molecule has 0 bridgehead atoms. The topological polar surface area (TPSA) is 28.7 Å². The van der Waals surface area contributed by atoms with Crippen molar-refractivity contribution in [1.29, 1.82) is 5.26 Å². The number of nitriles is 1. The molecule has 1 aromatic carbocycles. The molecule has 1 aliphatic carbocycles. The Morgan fingerprint density at radius 3 is 2.89 bits per heavy atom. The van der Waals surface area contributed by atoms with E-state index in [-0.39, 0.29) is 0 Å². The first-order valence-corrected chi connectivity index (χ1v) is 7.29. The Balaban J connectivity index is 2.21. The van der Waals surface area contributed by atoms with Gasteiger partial charge in [-0.1, -0.05) is 18.1 Å². The summed E-state index contributed by atoms with van der Waals surface area (Å²) >= 11 is 0. The van der Waals surface area contributed by atoms with E-state index < -0.39 is 0 Å². The molecule has 0 N–H and O–H groups in total. The second-order valence-electron chi connectivity index (χ2n) is 5.57. The Kier molecular flexibility index (Phi) is 3.29. The number of aryl methyl sites for hydroxylation is 3. The predicted molar refractivity (Wildman–Crippen MR) is 78.2 cm³/mol. The van der Waals surface area contributed by atoms with Crippen molar-refractivity contribution < 1.29 is 0 Å². The van der Waals surface area contributed by atoms with E-state index in [1.807, 2.05) is 0 Å². The molecule has 0 radical (unpaired) electrons. The summed E-state index contributed by atoms with van der Waals surface area (Å²) in [6.45, 7) is 3.00. The zero-order chi connectivity index (χ0) is 13.2. The number of nitrogens with zero attached hydrogens (tertiary/aromatic N) is 2. The van der Waals surface area contributed by atoms with Gasteiger partial charge in [-0.15, -0.1) is 0 Å². The van der Waals surface area contributed by atoms with Crippen molar-refractivity contribution in [3.8, 4) is 6.07 Å². The quantitative estimate of drug-likeness (QED) is 0.739. The van der Waals surface area contributed by atoms with Crippen LogP contribution in [-0.4, -0.2) is 4.57 Å². The van der Waals surface area contributed by atoms with Crippen LogP contribution in [0.2, 0.25) is 0 Å². The monoisotopic (exact) mass is 252 g/mol. The second-order valence-corrected chi connectivity index (χ2v) is 5.57. The Hall–Kier alpha value is -1.75. The van der Waals surface area contributed by atoms with Crippen molar-refractivity contribution in [2.24, 2.45) is 0 Å². The molecule has 1 aliphatic rings. The van der Waals surface area contributed by atoms with Crippen molar-refractivity contribution in [2.45, 2.75) is 52.0 Å². The normalized spacial score (nSPS) is 14.9. The Labute approximate surface area is 114 Å². The summed E-state index contributed by atoms with van der Waals surface area (Å²) in [6, 6.07) is 9.02. The SMILES string of the molecule is Cc1ccc2c(c1)c1c(n2CCC#N)CCCCC1. The maximum Gasteiger partial charge on any atom is 0.0640 e. The largest absolute Gasteiger partial charge is 0.343 e. The van der Waals surface area contributed by atoms with Crippen LogP contribution in [0, 0.1) is 18.3 Å². The van der Waals surface area contributed by atoms with E-state index in [9.17, 15) is 0 Å². The zero-order valence-corrected chi connectivity index (χ0v) is 11.6. The van der Waals surface area contributed by atoms with Crippen LogP contribution in [0.5, 0.6) is 0 Å². The Morgan fingerprint density at radius 1 is 1.21 bits per heavy atom. The number of benzene rings is 1. The summed E-state index contributed by atoms with van der Waals surface area (Å²) < 4.78 is 2.40. The number of fused-ring (bicyclic) bond motifs is 3. The van der Waals surface area contributed by atoms with Crippen molar-refractivity contribution in [3.05, 3.63) is 35.0 Å². The molecule has 0 aliphatic heterocycles. The third-order valence-corrected chi connectivity index (χ3v) is 4.23. The minimum absolute atomic E-state index is 0.601. The fourth-order valence-electron chi connectivity index (χ4n) is 3.34. The minimum Gasteiger partial charge on any atom is -0.343 e. The van der Waals surface area contributed by atoms with Gasteiger partial charge >= 0.3 is 0 Å². The Bertz CT molecular complexity index is 643. The molecule has 98 valence electrons. The van der Waals surface area contributed by atoms with Crippen LogP contribution in [0.4, 0.5) is 0 Å². The molecule has 2 nitrogen and oxygen atoms in total. The summed E-state index contributed by atoms with van der Waals surface area (Å²) in [5.41, 5.74) is 5.70. The van der Waals surface area contributed by atoms with E-state index in [0.29, 0.717) is 6.42 Å². The van der Waals surface area contributed by atoms with Gasteiger partial charge in [-0.2, -0.15) is 5.26 Å². The molecular formula is C17H20N2. The van der Waals surface area contributed by atoms with E-state index >= 15 is 0 Å². The lowest BCUT2D eigenvalue weighted by atomic mass is 10.0. The lowest BCUT2D eigenvalue weighted by Gasteiger charge is -2.08. The van der Waals surface area contributed by atoms with Crippen LogP contribution >= 0.6 is 0 Å². The Morgan fingerprint density at radius 2 is 2.05 bits per heavy atom. The van der Waals surface area contributed by atoms with Gasteiger partial charge in [0.25, 0.3) is 0 Å². The van der Waals surface area contributed by atoms with Gasteiger partial charge in [-0.3, -0.25) is 0 Å². The predicted octanol–water partition coefficient (Wildman–Crippen LogP) is 4.13. The summed E-state index contributed by atoms with van der Waals surface area (Å²) in [7, 11) is 0. The zero-order valence-electron chi connectivity index (χ0n) is 11.6. The maximum absolute atomic E-state index is 8.88. The third-order valence-electron chi connectivity index (χ3n) is 4.23. The van der Waals surface area contributed by atoms with Gasteiger partial charge in [-0.25, -0.2) is 0 Å². The molecule has 2 aromatic rings. The van der Waals surface area contributed by atoms with Gasteiger partial charge < -0.3 is 4.57 Å². The fraction of sp³-hybridized carbons (Fsp3) is 0.471. The van der Waals surface area contributed by atoms with Gasteiger partial charge in [0.15, 0.2) is 0 Å². The molecule has 0 atom stereocenters. The molecule has 0 spiro atoms. The standard InChI is InChI=1S/C17H20N2/c1-13-8-9-17-15(12-13)14-6-3-2-4-7-16(14)19(17)11-5-10-18/h8-9,12H,2-7,11H2,1H3. The molecule has 3 rings (SSSR count). The average Bonchev–Trinajstić information content (AvgIpc) is 2.57. The first kappa shape index (κ1) is 12.3. The summed E-state index contributed by atoms with van der Waals surface area (Å²) in [5, 5.41) is 10.3. The highest BCUT2D eigenvalue weighted by molar-refractivity contribution is 5.86. The molecule has 2 heteroatoms. The average molecular weight is 252 g/mol. The van der Waals surface area contributed by atoms with Crippen LogP contribution in [0.15, 0.2) is 18.2 Å². The lowest BCUT2D eigenvalue weighted by Crippen LogP contribution is -2.03. The van der Waals surface area contributed by atoms with Gasteiger partial charge in [0.2, 0.25) is 0 Å². The van der Waals surface area contributed by atoms with Crippen LogP contribution < -0.4 is 0 Å². The molecule has 0 amide bonds. The number of hydrogen-bond acceptors (Lipinski definition) is 1. The molecule has 1 heterocycles. The van der Waals surface area contributed by atoms with Gasteiger partial charge in [0, 0.05) is 23.1 Å². The summed E-state index contributed by atoms with van der Waals surface area (Å²) in [6.07, 6.45) is 6.90. The smallest absolute Gasteiger partial charge is 0.0640 e. The first-order valence-electron chi connectivity index (χ1n) is 7.29. The van der Waals surface area contributed by atoms with Gasteiger partial charge in [0.05, 0.1) is 12.5 Å². The van der Waals surface area contributed by atoms with E-state index in [0.717, 1.165) is 6.54 Å². The lowest BCUT2D eigenvalue weighted by molar-refractivity contribution is 0.665. The van der Waals surface area contributed by atoms with Crippen LogP contribution in [0.3, 0.4) is 0 Å². The number of aromatic nitrogens is 1. The minimum atomic E-state index is 0.601. The van der Waals surface area contributed by atoms with E-state index in [2.05, 4.69) is 35.8 Å². The molecule has 0 saturated heterocycles. The highest BCUT2D eigenvalue weighted by atomic mass is 15.0. The van der Waals surface area contributed by atoms with Crippen LogP contribution in [0.25, 0.3) is 10.9 Å². The van der Waals surface area contributed by atoms with Crippen molar-refractivity contribution in [3.63, 3.8) is 0 Å². The van der Waals surface area contributed by atoms with Crippen LogP contribution in [0.1, 0.15) is 42.5 Å². The van der Waals surface area contributed by atoms with E-state index in [4.69, 9.17) is 5.26 Å². The number of hydrogen-bond donors (Lipinski definition) is 0. The molecular weight excluding hydrogens is 232 g/mol. The highest BCUT2D eigenvalue weighted by Crippen LogP contribution is 2.32. The highest BCUT2D eigenvalue weighted by Gasteiger charge is 2.18. The van der Waals surface area contributed by atoms with Crippen molar-refractivity contribution >= 4 is 10.9 Å². The maximum atomic E-state index is 8.88. The van der Waals surface area contributed by atoms with Gasteiger partial charge in [0.1, 0.15) is 0 Å². The summed E-state index contributed by atoms with van der Waals surface area (Å²) in [4.78, 5) is 0. The molecule has 0 unspecified atom stereocenters. The number of rotatable bonds is 2. The van der Waals surface area contributed by atoms with E-state index in [1.54, 1.807) is 5.56 Å². The molecule has 0 saturated carbocycles. The first-order chi connectivity index (χ1) is 9.31. The fourth-order valence-corrected chi connectivity index (χ4v) is 3.34. The molecule has 0 fully saturated rings. The van der Waals surface area contributed by atoms with Crippen molar-refractivity contribution in [2.75, 3.05) is 0 Å². The second kappa shape index (κ2) is 5.09. The summed E-state index contributed by atoms with van der Waals surface area (Å²) in [5.74, 6) is 0. The van der Waals surface area contributed by atoms with Gasteiger partial charge in [-0.05, 0) is 50.3 Å².